The van der Waals surface area contributed by atoms with Crippen LogP contribution in [-0.2, 0) is 21.0 Å². The summed E-state index contributed by atoms with van der Waals surface area (Å²) in [6.45, 7) is -0.117. The van der Waals surface area contributed by atoms with Gasteiger partial charge in [-0.1, -0.05) is 11.6 Å². The standard InChI is InChI=1S/C18H14ClF3N2O4S/c1-29(26,27)24-14-4-2-12(18(20,21)22)8-15(14)23-17(25)11-6-10-7-13(19)3-5-16(10)28-9-11/h2-8,24H,9H2,1H3,(H,23,25). The number of sulfonamides is 1. The topological polar surface area (TPSA) is 84.5 Å². The summed E-state index contributed by atoms with van der Waals surface area (Å²) >= 11 is 5.92. The van der Waals surface area contributed by atoms with Gasteiger partial charge in [-0.05, 0) is 42.5 Å². The van der Waals surface area contributed by atoms with Gasteiger partial charge in [0.05, 0.1) is 28.8 Å². The van der Waals surface area contributed by atoms with Crippen molar-refractivity contribution in [2.24, 2.45) is 0 Å². The molecule has 6 nitrogen and oxygen atoms in total. The minimum atomic E-state index is -4.67. The Bertz CT molecular complexity index is 1110. The van der Waals surface area contributed by atoms with Crippen molar-refractivity contribution in [3.05, 3.63) is 58.1 Å². The summed E-state index contributed by atoms with van der Waals surface area (Å²) in [6, 6.07) is 7.12. The smallest absolute Gasteiger partial charge is 0.416 e. The van der Waals surface area contributed by atoms with Crippen molar-refractivity contribution in [2.75, 3.05) is 22.9 Å². The van der Waals surface area contributed by atoms with Gasteiger partial charge in [0.2, 0.25) is 10.0 Å². The highest BCUT2D eigenvalue weighted by molar-refractivity contribution is 7.92. The minimum Gasteiger partial charge on any atom is -0.488 e. The van der Waals surface area contributed by atoms with Crippen LogP contribution in [0.15, 0.2) is 42.0 Å². The molecule has 0 saturated carbocycles. The third-order valence-electron chi connectivity index (χ3n) is 3.87. The monoisotopic (exact) mass is 446 g/mol. The van der Waals surface area contributed by atoms with Crippen LogP contribution in [0, 0.1) is 0 Å². The molecule has 0 spiro atoms. The van der Waals surface area contributed by atoms with Crippen molar-refractivity contribution in [1.29, 1.82) is 0 Å². The highest BCUT2D eigenvalue weighted by Gasteiger charge is 2.31. The Morgan fingerprint density at radius 1 is 1.14 bits per heavy atom. The molecule has 0 aliphatic carbocycles. The van der Waals surface area contributed by atoms with Gasteiger partial charge in [0, 0.05) is 10.6 Å². The normalized spacial score (nSPS) is 13.8. The first-order valence-electron chi connectivity index (χ1n) is 8.06. The van der Waals surface area contributed by atoms with Gasteiger partial charge >= 0.3 is 6.18 Å². The lowest BCUT2D eigenvalue weighted by Gasteiger charge is -2.19. The number of nitrogens with one attached hydrogen (secondary N) is 2. The molecule has 0 aromatic heterocycles. The molecule has 1 aliphatic rings. The van der Waals surface area contributed by atoms with Crippen LogP contribution in [0.25, 0.3) is 6.08 Å². The zero-order valence-electron chi connectivity index (χ0n) is 14.8. The van der Waals surface area contributed by atoms with E-state index in [2.05, 4.69) is 10.0 Å². The van der Waals surface area contributed by atoms with Crippen LogP contribution in [0.2, 0.25) is 5.02 Å². The fourth-order valence-electron chi connectivity index (χ4n) is 2.59. The van der Waals surface area contributed by atoms with E-state index >= 15 is 0 Å². The van der Waals surface area contributed by atoms with E-state index < -0.39 is 27.7 Å². The molecule has 0 bridgehead atoms. The highest BCUT2D eigenvalue weighted by Crippen LogP contribution is 2.35. The molecule has 2 aromatic rings. The van der Waals surface area contributed by atoms with E-state index in [-0.39, 0.29) is 23.6 Å². The van der Waals surface area contributed by atoms with Gasteiger partial charge in [-0.3, -0.25) is 9.52 Å². The quantitative estimate of drug-likeness (QED) is 0.739. The lowest BCUT2D eigenvalue weighted by molar-refractivity contribution is -0.137. The van der Waals surface area contributed by atoms with Gasteiger partial charge in [0.1, 0.15) is 12.4 Å². The molecule has 0 saturated heterocycles. The number of hydrogen-bond donors (Lipinski definition) is 2. The van der Waals surface area contributed by atoms with E-state index in [1.54, 1.807) is 18.2 Å². The molecule has 3 rings (SSSR count). The first-order chi connectivity index (χ1) is 13.4. The molecule has 154 valence electrons. The predicted octanol–water partition coefficient (Wildman–Crippen LogP) is 4.14. The molecule has 0 fully saturated rings. The molecule has 29 heavy (non-hydrogen) atoms. The number of carbonyl (C=O) groups is 1. The van der Waals surface area contributed by atoms with Crippen LogP contribution in [0.4, 0.5) is 24.5 Å². The fourth-order valence-corrected chi connectivity index (χ4v) is 3.35. The first kappa shape index (κ1) is 21.0. The molecule has 1 heterocycles. The third kappa shape index (κ3) is 5.21. The third-order valence-corrected chi connectivity index (χ3v) is 4.69. The number of ether oxygens (including phenoxy) is 1. The van der Waals surface area contributed by atoms with E-state index in [0.29, 0.717) is 28.5 Å². The Balaban J connectivity index is 1.94. The second-order valence-electron chi connectivity index (χ2n) is 6.23. The summed E-state index contributed by atoms with van der Waals surface area (Å²) in [4.78, 5) is 12.6. The molecule has 0 unspecified atom stereocenters. The van der Waals surface area contributed by atoms with Crippen molar-refractivity contribution in [3.8, 4) is 5.75 Å². The number of rotatable bonds is 4. The van der Waals surface area contributed by atoms with Crippen LogP contribution >= 0.6 is 11.6 Å². The first-order valence-corrected chi connectivity index (χ1v) is 10.3. The average molecular weight is 447 g/mol. The molecular formula is C18H14ClF3N2O4S. The molecule has 2 aromatic carbocycles. The maximum absolute atomic E-state index is 13.0. The zero-order valence-corrected chi connectivity index (χ0v) is 16.4. The molecule has 11 heteroatoms. The second-order valence-corrected chi connectivity index (χ2v) is 8.41. The maximum Gasteiger partial charge on any atom is 0.416 e. The lowest BCUT2D eigenvalue weighted by atomic mass is 10.1. The van der Waals surface area contributed by atoms with Crippen molar-refractivity contribution in [2.45, 2.75) is 6.18 Å². The van der Waals surface area contributed by atoms with Crippen molar-refractivity contribution >= 4 is 45.0 Å². The van der Waals surface area contributed by atoms with E-state index in [1.165, 1.54) is 6.08 Å². The van der Waals surface area contributed by atoms with Gasteiger partial charge in [-0.15, -0.1) is 0 Å². The summed E-state index contributed by atoms with van der Waals surface area (Å²) in [5.74, 6) is -0.240. The Kier molecular flexibility index (Phi) is 5.50. The SMILES string of the molecule is CS(=O)(=O)Nc1ccc(C(F)(F)F)cc1NC(=O)C1=Cc2cc(Cl)ccc2OC1. The molecule has 0 radical (unpaired) electrons. The van der Waals surface area contributed by atoms with Crippen LogP contribution in [0.1, 0.15) is 11.1 Å². The Hall–Kier alpha value is -2.72. The van der Waals surface area contributed by atoms with Gasteiger partial charge in [-0.2, -0.15) is 13.2 Å². The number of benzene rings is 2. The Morgan fingerprint density at radius 3 is 2.52 bits per heavy atom. The van der Waals surface area contributed by atoms with E-state index in [4.69, 9.17) is 16.3 Å². The Labute approximate surface area is 169 Å². The van der Waals surface area contributed by atoms with E-state index in [0.717, 1.165) is 12.3 Å². The maximum atomic E-state index is 13.0. The van der Waals surface area contributed by atoms with Gasteiger partial charge in [-0.25, -0.2) is 8.42 Å². The summed E-state index contributed by atoms with van der Waals surface area (Å²) in [6.07, 6.45) is -2.34. The second kappa shape index (κ2) is 7.60. The lowest BCUT2D eigenvalue weighted by Crippen LogP contribution is -2.22. The van der Waals surface area contributed by atoms with Crippen LogP contribution in [0.3, 0.4) is 0 Å². The number of anilines is 2. The number of alkyl halides is 3. The van der Waals surface area contributed by atoms with Crippen LogP contribution in [0.5, 0.6) is 5.75 Å². The number of carbonyl (C=O) groups excluding carboxylic acids is 1. The van der Waals surface area contributed by atoms with Crippen molar-refractivity contribution in [1.82, 2.24) is 0 Å². The molecule has 0 atom stereocenters. The average Bonchev–Trinajstić information content (AvgIpc) is 2.60. The van der Waals surface area contributed by atoms with E-state index in [1.807, 2.05) is 0 Å². The summed E-state index contributed by atoms with van der Waals surface area (Å²) in [7, 11) is -3.79. The van der Waals surface area contributed by atoms with Crippen LogP contribution < -0.4 is 14.8 Å². The molecular weight excluding hydrogens is 433 g/mol. The summed E-state index contributed by atoms with van der Waals surface area (Å²) in [5.41, 5.74) is -0.921. The van der Waals surface area contributed by atoms with Gasteiger partial charge in [0.15, 0.2) is 0 Å². The Morgan fingerprint density at radius 2 is 1.86 bits per heavy atom. The van der Waals surface area contributed by atoms with Gasteiger partial charge < -0.3 is 10.1 Å². The summed E-state index contributed by atoms with van der Waals surface area (Å²) < 4.78 is 69.7. The molecule has 1 amide bonds. The number of amides is 1. The molecule has 1 aliphatic heterocycles. The van der Waals surface area contributed by atoms with E-state index in [9.17, 15) is 26.4 Å². The fraction of sp³-hybridized carbons (Fsp3) is 0.167. The number of hydrogen-bond acceptors (Lipinski definition) is 4. The van der Waals surface area contributed by atoms with Crippen molar-refractivity contribution < 1.29 is 31.1 Å². The van der Waals surface area contributed by atoms with Gasteiger partial charge in [0.25, 0.3) is 5.91 Å². The highest BCUT2D eigenvalue weighted by atomic mass is 35.5. The zero-order chi connectivity index (χ0) is 21.4. The largest absolute Gasteiger partial charge is 0.488 e. The predicted molar refractivity (Wildman–Crippen MR) is 103 cm³/mol. The molecule has 2 N–H and O–H groups in total. The minimum absolute atomic E-state index is 0.117. The summed E-state index contributed by atoms with van der Waals surface area (Å²) in [5, 5.41) is 2.73. The number of fused-ring (bicyclic) bond motifs is 1. The van der Waals surface area contributed by atoms with Crippen LogP contribution in [-0.4, -0.2) is 27.2 Å². The number of halogens is 4. The van der Waals surface area contributed by atoms with Crippen molar-refractivity contribution in [3.63, 3.8) is 0 Å².